The predicted octanol–water partition coefficient (Wildman–Crippen LogP) is 5.72. The van der Waals surface area contributed by atoms with Crippen molar-refractivity contribution in [3.8, 4) is 0 Å². The smallest absolute Gasteiger partial charge is 0.306 e. The van der Waals surface area contributed by atoms with E-state index in [0.717, 1.165) is 29.7 Å². The highest BCUT2D eigenvalue weighted by atomic mass is 32.2. The summed E-state index contributed by atoms with van der Waals surface area (Å²) in [5, 5.41) is 0. The summed E-state index contributed by atoms with van der Waals surface area (Å²) in [6.45, 7) is 6.02. The molecule has 1 atom stereocenters. The molecule has 2 rings (SSSR count). The zero-order valence-electron chi connectivity index (χ0n) is 18.0. The maximum atomic E-state index is 14.2. The minimum atomic E-state index is -0.498. The molecule has 6 heteroatoms. The van der Waals surface area contributed by atoms with E-state index in [1.807, 2.05) is 6.07 Å². The molecule has 164 valence electrons. The van der Waals surface area contributed by atoms with E-state index in [9.17, 15) is 9.18 Å². The Hall–Kier alpha value is -1.11. The van der Waals surface area contributed by atoms with Crippen molar-refractivity contribution in [2.24, 2.45) is 5.92 Å². The highest BCUT2D eigenvalue weighted by Gasteiger charge is 2.35. The first-order chi connectivity index (χ1) is 14.0. The van der Waals surface area contributed by atoms with Gasteiger partial charge in [-0.1, -0.05) is 33.1 Å². The summed E-state index contributed by atoms with van der Waals surface area (Å²) in [6, 6.07) is 5.04. The number of carbonyl (C=O) groups excluding carboxylic acids is 1. The highest BCUT2D eigenvalue weighted by Crippen LogP contribution is 2.37. The van der Waals surface area contributed by atoms with Gasteiger partial charge in [-0.3, -0.25) is 4.79 Å². The second kappa shape index (κ2) is 12.6. The Kier molecular flexibility index (Phi) is 10.5. The number of methoxy groups -OCH3 is 1. The van der Waals surface area contributed by atoms with E-state index in [-0.39, 0.29) is 11.8 Å². The van der Waals surface area contributed by atoms with Crippen molar-refractivity contribution in [2.75, 3.05) is 32.7 Å². The second-order valence-electron chi connectivity index (χ2n) is 7.68. The van der Waals surface area contributed by atoms with Gasteiger partial charge in [-0.05, 0) is 36.1 Å². The summed E-state index contributed by atoms with van der Waals surface area (Å²) >= 11 is 1.48. The third-order valence-corrected chi connectivity index (χ3v) is 6.66. The third-order valence-electron chi connectivity index (χ3n) is 5.69. The number of thioether (sulfide) groups is 1. The number of ether oxygens (including phenoxy) is 3. The van der Waals surface area contributed by atoms with Gasteiger partial charge in [0, 0.05) is 43.8 Å². The fourth-order valence-electron chi connectivity index (χ4n) is 3.65. The molecule has 1 heterocycles. The SMILES string of the molecule is CCCCC(CC)COC(=O)CCSc1cc(F)cc(C2(OC)CCOCC2)c1. The second-order valence-corrected chi connectivity index (χ2v) is 8.85. The van der Waals surface area contributed by atoms with Crippen LogP contribution >= 0.6 is 11.8 Å². The molecule has 1 aromatic carbocycles. The first kappa shape index (κ1) is 24.2. The van der Waals surface area contributed by atoms with Crippen LogP contribution in [0.1, 0.15) is 64.4 Å². The van der Waals surface area contributed by atoms with Gasteiger partial charge in [0.2, 0.25) is 0 Å². The fourth-order valence-corrected chi connectivity index (χ4v) is 4.56. The predicted molar refractivity (Wildman–Crippen MR) is 115 cm³/mol. The molecule has 0 aromatic heterocycles. The number of halogens is 1. The molecule has 29 heavy (non-hydrogen) atoms. The zero-order chi connectivity index (χ0) is 21.1. The Bertz CT molecular complexity index is 631. The number of rotatable bonds is 12. The first-order valence-electron chi connectivity index (χ1n) is 10.8. The third kappa shape index (κ3) is 7.58. The van der Waals surface area contributed by atoms with Crippen LogP contribution in [0.4, 0.5) is 4.39 Å². The molecule has 4 nitrogen and oxygen atoms in total. The van der Waals surface area contributed by atoms with Crippen LogP contribution in [-0.2, 0) is 24.6 Å². The average molecular weight is 427 g/mol. The van der Waals surface area contributed by atoms with Gasteiger partial charge in [0.1, 0.15) is 5.82 Å². The van der Waals surface area contributed by atoms with E-state index in [0.29, 0.717) is 50.8 Å². The standard InChI is InChI=1S/C23H35FO4S/c1-4-6-7-18(5-2)17-28-22(25)8-13-29-21-15-19(14-20(24)16-21)23(26-3)9-11-27-12-10-23/h14-16,18H,4-13,17H2,1-3H3. The maximum Gasteiger partial charge on any atom is 0.306 e. The summed E-state index contributed by atoms with van der Waals surface area (Å²) in [5.41, 5.74) is 0.345. The molecule has 1 aromatic rings. The summed E-state index contributed by atoms with van der Waals surface area (Å²) in [7, 11) is 1.67. The Morgan fingerprint density at radius 2 is 2.03 bits per heavy atom. The van der Waals surface area contributed by atoms with Crippen LogP contribution in [-0.4, -0.2) is 38.7 Å². The van der Waals surface area contributed by atoms with Crippen LogP contribution in [0.15, 0.2) is 23.1 Å². The lowest BCUT2D eigenvalue weighted by atomic mass is 9.86. The molecule has 1 unspecified atom stereocenters. The Morgan fingerprint density at radius 1 is 1.28 bits per heavy atom. The molecule has 0 N–H and O–H groups in total. The van der Waals surface area contributed by atoms with Crippen molar-refractivity contribution in [3.63, 3.8) is 0 Å². The van der Waals surface area contributed by atoms with Crippen LogP contribution in [0, 0.1) is 11.7 Å². The van der Waals surface area contributed by atoms with Crippen LogP contribution in [0.2, 0.25) is 0 Å². The van der Waals surface area contributed by atoms with E-state index in [4.69, 9.17) is 14.2 Å². The lowest BCUT2D eigenvalue weighted by Gasteiger charge is -2.36. The van der Waals surface area contributed by atoms with E-state index >= 15 is 0 Å². The summed E-state index contributed by atoms with van der Waals surface area (Å²) < 4.78 is 30.9. The topological polar surface area (TPSA) is 44.8 Å². The highest BCUT2D eigenvalue weighted by molar-refractivity contribution is 7.99. The van der Waals surface area contributed by atoms with Crippen molar-refractivity contribution in [2.45, 2.75) is 69.3 Å². The van der Waals surface area contributed by atoms with Crippen molar-refractivity contribution < 1.29 is 23.4 Å². The number of unbranched alkanes of at least 4 members (excludes halogenated alkanes) is 1. The van der Waals surface area contributed by atoms with Crippen LogP contribution in [0.5, 0.6) is 0 Å². The van der Waals surface area contributed by atoms with Crippen molar-refractivity contribution in [1.29, 1.82) is 0 Å². The number of hydrogen-bond acceptors (Lipinski definition) is 5. The first-order valence-corrected chi connectivity index (χ1v) is 11.7. The van der Waals surface area contributed by atoms with Gasteiger partial charge in [-0.2, -0.15) is 0 Å². The quantitative estimate of drug-likeness (QED) is 0.316. The monoisotopic (exact) mass is 426 g/mol. The van der Waals surface area contributed by atoms with Crippen LogP contribution in [0.25, 0.3) is 0 Å². The molecule has 1 aliphatic heterocycles. The van der Waals surface area contributed by atoms with Crippen molar-refractivity contribution >= 4 is 17.7 Å². The molecule has 0 spiro atoms. The van der Waals surface area contributed by atoms with Gasteiger partial charge in [-0.25, -0.2) is 4.39 Å². The van der Waals surface area contributed by atoms with Gasteiger partial charge in [0.15, 0.2) is 0 Å². The van der Waals surface area contributed by atoms with Crippen molar-refractivity contribution in [1.82, 2.24) is 0 Å². The number of esters is 1. The molecule has 1 aliphatic rings. The summed E-state index contributed by atoms with van der Waals surface area (Å²) in [5.74, 6) is 0.553. The molecule has 1 fully saturated rings. The largest absolute Gasteiger partial charge is 0.465 e. The lowest BCUT2D eigenvalue weighted by molar-refractivity contribution is -0.144. The Morgan fingerprint density at radius 3 is 2.69 bits per heavy atom. The van der Waals surface area contributed by atoms with E-state index in [1.54, 1.807) is 13.2 Å². The van der Waals surface area contributed by atoms with Gasteiger partial charge < -0.3 is 14.2 Å². The number of carbonyl (C=O) groups is 1. The van der Waals surface area contributed by atoms with E-state index in [2.05, 4.69) is 13.8 Å². The molecule has 0 amide bonds. The normalized spacial score (nSPS) is 17.1. The average Bonchev–Trinajstić information content (AvgIpc) is 2.74. The van der Waals surface area contributed by atoms with Gasteiger partial charge >= 0.3 is 5.97 Å². The van der Waals surface area contributed by atoms with Crippen LogP contribution < -0.4 is 0 Å². The van der Waals surface area contributed by atoms with Crippen molar-refractivity contribution in [3.05, 3.63) is 29.6 Å². The van der Waals surface area contributed by atoms with Crippen LogP contribution in [0.3, 0.4) is 0 Å². The molecular weight excluding hydrogens is 391 g/mol. The molecule has 0 saturated carbocycles. The molecule has 0 aliphatic carbocycles. The molecule has 1 saturated heterocycles. The summed E-state index contributed by atoms with van der Waals surface area (Å²) in [6.07, 6.45) is 6.20. The van der Waals surface area contributed by atoms with E-state index in [1.165, 1.54) is 24.2 Å². The van der Waals surface area contributed by atoms with E-state index < -0.39 is 5.60 Å². The molecular formula is C23H35FO4S. The van der Waals surface area contributed by atoms with Gasteiger partial charge in [-0.15, -0.1) is 11.8 Å². The van der Waals surface area contributed by atoms with Gasteiger partial charge in [0.25, 0.3) is 0 Å². The van der Waals surface area contributed by atoms with Gasteiger partial charge in [0.05, 0.1) is 18.6 Å². The fraction of sp³-hybridized carbons (Fsp3) is 0.696. The minimum Gasteiger partial charge on any atom is -0.465 e. The Labute approximate surface area is 178 Å². The molecule has 0 bridgehead atoms. The Balaban J connectivity index is 1.86. The minimum absolute atomic E-state index is 0.179. The zero-order valence-corrected chi connectivity index (χ0v) is 18.8. The summed E-state index contributed by atoms with van der Waals surface area (Å²) in [4.78, 5) is 12.9. The maximum absolute atomic E-state index is 14.2. The molecule has 0 radical (unpaired) electrons. The number of benzene rings is 1. The lowest BCUT2D eigenvalue weighted by Crippen LogP contribution is -2.35. The number of hydrogen-bond donors (Lipinski definition) is 0.